The fourth-order valence-electron chi connectivity index (χ4n) is 2.84. The molecule has 5 heteroatoms. The van der Waals surface area contributed by atoms with Crippen LogP contribution in [0.5, 0.6) is 0 Å². The zero-order chi connectivity index (χ0) is 16.3. The number of carbonyl (C=O) groups is 2. The van der Waals surface area contributed by atoms with Gasteiger partial charge in [0.25, 0.3) is 0 Å². The number of nitrogens with one attached hydrogen (secondary N) is 1. The molecule has 0 radical (unpaired) electrons. The van der Waals surface area contributed by atoms with Gasteiger partial charge in [-0.15, -0.1) is 0 Å². The second kappa shape index (κ2) is 6.99. The van der Waals surface area contributed by atoms with Crippen LogP contribution < -0.4 is 5.32 Å². The first-order valence-electron chi connectivity index (χ1n) is 8.04. The lowest BCUT2D eigenvalue weighted by Gasteiger charge is -2.33. The maximum Gasteiger partial charge on any atom is 0.225 e. The van der Waals surface area contributed by atoms with E-state index in [1.165, 1.54) is 0 Å². The molecule has 0 unspecified atom stereocenters. The number of piperidine rings is 1. The van der Waals surface area contributed by atoms with Crippen LogP contribution in [-0.2, 0) is 9.59 Å². The van der Waals surface area contributed by atoms with Crippen molar-refractivity contribution in [3.8, 4) is 0 Å². The number of nitrogens with zero attached hydrogens (tertiary/aromatic N) is 1. The summed E-state index contributed by atoms with van der Waals surface area (Å²) in [5.41, 5.74) is 0. The summed E-state index contributed by atoms with van der Waals surface area (Å²) in [4.78, 5) is 26.3. The Hall–Kier alpha value is -1.78. The van der Waals surface area contributed by atoms with E-state index >= 15 is 0 Å². The Morgan fingerprint density at radius 1 is 1.32 bits per heavy atom. The summed E-state index contributed by atoms with van der Waals surface area (Å²) >= 11 is 0. The number of likely N-dealkylation sites (tertiary alicyclic amines) is 1. The molecular weight excluding hydrogens is 280 g/mol. The van der Waals surface area contributed by atoms with Gasteiger partial charge >= 0.3 is 0 Å². The Morgan fingerprint density at radius 2 is 2.05 bits per heavy atom. The van der Waals surface area contributed by atoms with E-state index in [1.54, 1.807) is 0 Å². The van der Waals surface area contributed by atoms with Crippen LogP contribution in [0.15, 0.2) is 16.5 Å². The molecule has 1 aliphatic rings. The normalized spacial score (nSPS) is 20.0. The van der Waals surface area contributed by atoms with Gasteiger partial charge in [0.2, 0.25) is 11.8 Å². The first kappa shape index (κ1) is 16.6. The molecule has 2 atom stereocenters. The van der Waals surface area contributed by atoms with Gasteiger partial charge in [-0.25, -0.2) is 0 Å². The van der Waals surface area contributed by atoms with Crippen molar-refractivity contribution in [2.24, 2.45) is 11.8 Å². The molecule has 1 saturated heterocycles. The van der Waals surface area contributed by atoms with Crippen molar-refractivity contribution >= 4 is 11.8 Å². The quantitative estimate of drug-likeness (QED) is 0.930. The molecule has 1 fully saturated rings. The molecule has 122 valence electrons. The van der Waals surface area contributed by atoms with Crippen LogP contribution in [0.25, 0.3) is 0 Å². The van der Waals surface area contributed by atoms with Crippen LogP contribution in [0.4, 0.5) is 0 Å². The second-order valence-corrected chi connectivity index (χ2v) is 6.46. The van der Waals surface area contributed by atoms with Crippen molar-refractivity contribution in [2.45, 2.75) is 46.6 Å². The Balaban J connectivity index is 1.93. The highest BCUT2D eigenvalue weighted by Crippen LogP contribution is 2.21. The molecule has 22 heavy (non-hydrogen) atoms. The molecule has 0 spiro atoms. The summed E-state index contributed by atoms with van der Waals surface area (Å²) in [6.45, 7) is 8.87. The summed E-state index contributed by atoms with van der Waals surface area (Å²) in [5.74, 6) is 1.58. The third-order valence-electron chi connectivity index (χ3n) is 4.14. The van der Waals surface area contributed by atoms with E-state index in [9.17, 15) is 9.59 Å². The van der Waals surface area contributed by atoms with E-state index < -0.39 is 0 Å². The van der Waals surface area contributed by atoms with Gasteiger partial charge < -0.3 is 14.6 Å². The average Bonchev–Trinajstić information content (AvgIpc) is 2.93. The number of rotatable bonds is 4. The third-order valence-corrected chi connectivity index (χ3v) is 4.14. The minimum Gasteiger partial charge on any atom is -0.464 e. The first-order chi connectivity index (χ1) is 10.4. The van der Waals surface area contributed by atoms with Crippen LogP contribution in [0.3, 0.4) is 0 Å². The Kier molecular flexibility index (Phi) is 5.27. The van der Waals surface area contributed by atoms with Crippen LogP contribution >= 0.6 is 0 Å². The topological polar surface area (TPSA) is 62.6 Å². The van der Waals surface area contributed by atoms with Crippen LogP contribution in [0.1, 0.15) is 51.2 Å². The molecule has 5 nitrogen and oxygen atoms in total. The average molecular weight is 306 g/mol. The van der Waals surface area contributed by atoms with Gasteiger partial charge in [0.15, 0.2) is 0 Å². The van der Waals surface area contributed by atoms with Gasteiger partial charge in [-0.05, 0) is 38.8 Å². The SMILES string of the molecule is Cc1ccc([C@H](C)NC(=O)[C@H]2CCCN(C(=O)C(C)C)C2)o1. The number of hydrogen-bond acceptors (Lipinski definition) is 3. The maximum atomic E-state index is 12.4. The summed E-state index contributed by atoms with van der Waals surface area (Å²) in [6, 6.07) is 3.62. The molecule has 0 saturated carbocycles. The fraction of sp³-hybridized carbons (Fsp3) is 0.647. The molecule has 1 aromatic heterocycles. The number of aryl methyl sites for hydroxylation is 1. The lowest BCUT2D eigenvalue weighted by atomic mass is 9.95. The second-order valence-electron chi connectivity index (χ2n) is 6.46. The minimum atomic E-state index is -0.155. The fourth-order valence-corrected chi connectivity index (χ4v) is 2.84. The predicted octanol–water partition coefficient (Wildman–Crippen LogP) is 2.66. The molecule has 2 heterocycles. The van der Waals surface area contributed by atoms with E-state index in [0.29, 0.717) is 6.54 Å². The van der Waals surface area contributed by atoms with E-state index in [4.69, 9.17) is 4.42 Å². The standard InChI is InChI=1S/C17H26N2O3/c1-11(2)17(21)19-9-5-6-14(10-19)16(20)18-13(4)15-8-7-12(3)22-15/h7-8,11,13-14H,5-6,9-10H2,1-4H3,(H,18,20)/t13-,14-/m0/s1. The molecule has 0 bridgehead atoms. The lowest BCUT2D eigenvalue weighted by molar-refractivity contribution is -0.138. The Morgan fingerprint density at radius 3 is 2.64 bits per heavy atom. The lowest BCUT2D eigenvalue weighted by Crippen LogP contribution is -2.47. The molecule has 0 aromatic carbocycles. The smallest absolute Gasteiger partial charge is 0.225 e. The summed E-state index contributed by atoms with van der Waals surface area (Å²) < 4.78 is 5.55. The predicted molar refractivity (Wildman–Crippen MR) is 84.1 cm³/mol. The number of amides is 2. The van der Waals surface area contributed by atoms with Crippen LogP contribution in [-0.4, -0.2) is 29.8 Å². The van der Waals surface area contributed by atoms with Crippen molar-refractivity contribution < 1.29 is 14.0 Å². The van der Waals surface area contributed by atoms with E-state index in [-0.39, 0.29) is 29.7 Å². The minimum absolute atomic E-state index is 0.00260. The number of carbonyl (C=O) groups excluding carboxylic acids is 2. The van der Waals surface area contributed by atoms with Crippen molar-refractivity contribution in [1.29, 1.82) is 0 Å². The molecule has 0 aliphatic carbocycles. The largest absolute Gasteiger partial charge is 0.464 e. The van der Waals surface area contributed by atoms with Gasteiger partial charge in [0, 0.05) is 19.0 Å². The molecule has 1 N–H and O–H groups in total. The Bertz CT molecular complexity index is 536. The molecule has 1 aliphatic heterocycles. The van der Waals surface area contributed by atoms with Gasteiger partial charge in [-0.2, -0.15) is 0 Å². The van der Waals surface area contributed by atoms with Crippen LogP contribution in [0, 0.1) is 18.8 Å². The van der Waals surface area contributed by atoms with Gasteiger partial charge in [0.05, 0.1) is 12.0 Å². The number of furan rings is 1. The molecule has 2 rings (SSSR count). The third kappa shape index (κ3) is 3.90. The van der Waals surface area contributed by atoms with Crippen molar-refractivity contribution in [1.82, 2.24) is 10.2 Å². The zero-order valence-electron chi connectivity index (χ0n) is 13.9. The molecule has 1 aromatic rings. The van der Waals surface area contributed by atoms with Gasteiger partial charge in [-0.3, -0.25) is 9.59 Å². The van der Waals surface area contributed by atoms with Crippen molar-refractivity contribution in [2.75, 3.05) is 13.1 Å². The van der Waals surface area contributed by atoms with Gasteiger partial charge in [-0.1, -0.05) is 13.8 Å². The maximum absolute atomic E-state index is 12.4. The molecular formula is C17H26N2O3. The highest BCUT2D eigenvalue weighted by atomic mass is 16.3. The Labute approximate surface area is 132 Å². The van der Waals surface area contributed by atoms with Crippen molar-refractivity contribution in [3.63, 3.8) is 0 Å². The highest BCUT2D eigenvalue weighted by Gasteiger charge is 2.30. The first-order valence-corrected chi connectivity index (χ1v) is 8.04. The van der Waals surface area contributed by atoms with Crippen molar-refractivity contribution in [3.05, 3.63) is 23.7 Å². The summed E-state index contributed by atoms with van der Waals surface area (Å²) in [6.07, 6.45) is 1.71. The zero-order valence-corrected chi connectivity index (χ0v) is 13.9. The van der Waals surface area contributed by atoms with E-state index in [0.717, 1.165) is 30.9 Å². The van der Waals surface area contributed by atoms with E-state index in [1.807, 2.05) is 44.7 Å². The van der Waals surface area contributed by atoms with Crippen LogP contribution in [0.2, 0.25) is 0 Å². The van der Waals surface area contributed by atoms with E-state index in [2.05, 4.69) is 5.32 Å². The number of hydrogen-bond donors (Lipinski definition) is 1. The molecule has 2 amide bonds. The highest BCUT2D eigenvalue weighted by molar-refractivity contribution is 5.82. The summed E-state index contributed by atoms with van der Waals surface area (Å²) in [7, 11) is 0. The summed E-state index contributed by atoms with van der Waals surface area (Å²) in [5, 5.41) is 3.00. The van der Waals surface area contributed by atoms with Gasteiger partial charge in [0.1, 0.15) is 11.5 Å². The monoisotopic (exact) mass is 306 g/mol.